The summed E-state index contributed by atoms with van der Waals surface area (Å²) in [7, 11) is 0. The zero-order chi connectivity index (χ0) is 11.3. The van der Waals surface area contributed by atoms with Crippen molar-refractivity contribution in [2.24, 2.45) is 5.73 Å². The van der Waals surface area contributed by atoms with Gasteiger partial charge in [0.25, 0.3) is 0 Å². The Balaban J connectivity index is 2.91. The van der Waals surface area contributed by atoms with Crippen LogP contribution in [0.25, 0.3) is 0 Å². The van der Waals surface area contributed by atoms with Gasteiger partial charge in [0.05, 0.1) is 6.54 Å². The molecule has 1 aromatic rings. The molecule has 0 aliphatic heterocycles. The van der Waals surface area contributed by atoms with Gasteiger partial charge in [-0.05, 0) is 25.0 Å². The molecular formula is C13H18N2. The maximum atomic E-state index is 5.73. The molecular weight excluding hydrogens is 184 g/mol. The summed E-state index contributed by atoms with van der Waals surface area (Å²) in [5.74, 6) is 2.57. The van der Waals surface area contributed by atoms with E-state index in [1.807, 2.05) is 0 Å². The van der Waals surface area contributed by atoms with Crippen LogP contribution in [0.4, 0.5) is 0 Å². The zero-order valence-electron chi connectivity index (χ0n) is 9.38. The Morgan fingerprint density at radius 1 is 1.47 bits per heavy atom. The molecule has 0 fully saturated rings. The van der Waals surface area contributed by atoms with Crippen molar-refractivity contribution in [1.82, 2.24) is 5.32 Å². The molecule has 1 atom stereocenters. The van der Waals surface area contributed by atoms with Crippen LogP contribution in [0.15, 0.2) is 18.2 Å². The zero-order valence-corrected chi connectivity index (χ0v) is 9.38. The van der Waals surface area contributed by atoms with Crippen LogP contribution >= 0.6 is 0 Å². The standard InChI is InChI=1S/C13H18N2/c1-4-7-15-13(9-14)12-8-10(2)5-6-11(12)3/h1,5-6,8,13,15H,7,9,14H2,2-3H3. The predicted octanol–water partition coefficient (Wildman–Crippen LogP) is 1.53. The van der Waals surface area contributed by atoms with E-state index < -0.39 is 0 Å². The fourth-order valence-electron chi connectivity index (χ4n) is 1.64. The minimum atomic E-state index is 0.154. The monoisotopic (exact) mass is 202 g/mol. The van der Waals surface area contributed by atoms with Crippen molar-refractivity contribution in [1.29, 1.82) is 0 Å². The largest absolute Gasteiger partial charge is 0.329 e. The number of aryl methyl sites for hydroxylation is 2. The molecule has 0 amide bonds. The number of nitrogens with two attached hydrogens (primary N) is 1. The third-order valence-corrected chi connectivity index (χ3v) is 2.50. The third kappa shape index (κ3) is 3.09. The van der Waals surface area contributed by atoms with Crippen molar-refractivity contribution in [3.05, 3.63) is 34.9 Å². The smallest absolute Gasteiger partial charge is 0.0578 e. The normalized spacial score (nSPS) is 12.1. The Labute approximate surface area is 91.9 Å². The maximum Gasteiger partial charge on any atom is 0.0578 e. The minimum Gasteiger partial charge on any atom is -0.329 e. The summed E-state index contributed by atoms with van der Waals surface area (Å²) in [6, 6.07) is 6.54. The Morgan fingerprint density at radius 2 is 2.20 bits per heavy atom. The molecule has 1 aromatic carbocycles. The quantitative estimate of drug-likeness (QED) is 0.727. The van der Waals surface area contributed by atoms with Crippen molar-refractivity contribution < 1.29 is 0 Å². The molecule has 0 aliphatic rings. The van der Waals surface area contributed by atoms with Crippen LogP contribution in [0.2, 0.25) is 0 Å². The predicted molar refractivity (Wildman–Crippen MR) is 64.5 cm³/mol. The Morgan fingerprint density at radius 3 is 2.80 bits per heavy atom. The lowest BCUT2D eigenvalue weighted by atomic mass is 9.99. The summed E-state index contributed by atoms with van der Waals surface area (Å²) in [5.41, 5.74) is 9.47. The number of hydrogen-bond acceptors (Lipinski definition) is 2. The summed E-state index contributed by atoms with van der Waals surface area (Å²) >= 11 is 0. The fourth-order valence-corrected chi connectivity index (χ4v) is 1.64. The molecule has 1 rings (SSSR count). The second-order valence-electron chi connectivity index (χ2n) is 3.73. The van der Waals surface area contributed by atoms with Gasteiger partial charge in [0.15, 0.2) is 0 Å². The molecule has 0 aromatic heterocycles. The van der Waals surface area contributed by atoms with Gasteiger partial charge in [-0.3, -0.25) is 5.32 Å². The summed E-state index contributed by atoms with van der Waals surface area (Å²) in [4.78, 5) is 0. The molecule has 1 unspecified atom stereocenters. The van der Waals surface area contributed by atoms with Gasteiger partial charge in [0.1, 0.15) is 0 Å². The highest BCUT2D eigenvalue weighted by molar-refractivity contribution is 5.33. The third-order valence-electron chi connectivity index (χ3n) is 2.50. The van der Waals surface area contributed by atoms with E-state index in [1.165, 1.54) is 16.7 Å². The number of rotatable bonds is 4. The summed E-state index contributed by atoms with van der Waals surface area (Å²) in [6.07, 6.45) is 5.22. The number of hydrogen-bond donors (Lipinski definition) is 2. The van der Waals surface area contributed by atoms with Crippen LogP contribution in [0.5, 0.6) is 0 Å². The highest BCUT2D eigenvalue weighted by atomic mass is 14.9. The molecule has 0 spiro atoms. The van der Waals surface area contributed by atoms with Crippen LogP contribution in [-0.2, 0) is 0 Å². The molecule has 3 N–H and O–H groups in total. The number of nitrogens with one attached hydrogen (secondary N) is 1. The van der Waals surface area contributed by atoms with E-state index >= 15 is 0 Å². The van der Waals surface area contributed by atoms with E-state index in [4.69, 9.17) is 12.2 Å². The van der Waals surface area contributed by atoms with E-state index in [0.29, 0.717) is 13.1 Å². The lowest BCUT2D eigenvalue weighted by Gasteiger charge is -2.18. The van der Waals surface area contributed by atoms with Crippen molar-refractivity contribution in [2.45, 2.75) is 19.9 Å². The van der Waals surface area contributed by atoms with Gasteiger partial charge in [0.2, 0.25) is 0 Å². The Kier molecular flexibility index (Phi) is 4.36. The molecule has 0 heterocycles. The van der Waals surface area contributed by atoms with Gasteiger partial charge in [0, 0.05) is 12.6 Å². The second-order valence-corrected chi connectivity index (χ2v) is 3.73. The van der Waals surface area contributed by atoms with Gasteiger partial charge < -0.3 is 5.73 Å². The summed E-state index contributed by atoms with van der Waals surface area (Å²) < 4.78 is 0. The van der Waals surface area contributed by atoms with Crippen LogP contribution in [0.3, 0.4) is 0 Å². The topological polar surface area (TPSA) is 38.0 Å². The van der Waals surface area contributed by atoms with Gasteiger partial charge in [-0.25, -0.2) is 0 Å². The van der Waals surface area contributed by atoms with E-state index in [1.54, 1.807) is 0 Å². The Hall–Kier alpha value is -1.30. The number of terminal acetylenes is 1. The van der Waals surface area contributed by atoms with Crippen LogP contribution in [0, 0.1) is 26.2 Å². The highest BCUT2D eigenvalue weighted by Gasteiger charge is 2.10. The summed E-state index contributed by atoms with van der Waals surface area (Å²) in [6.45, 7) is 5.29. The van der Waals surface area contributed by atoms with Crippen molar-refractivity contribution in [2.75, 3.05) is 13.1 Å². The molecule has 15 heavy (non-hydrogen) atoms. The lowest BCUT2D eigenvalue weighted by Crippen LogP contribution is -2.29. The minimum absolute atomic E-state index is 0.154. The van der Waals surface area contributed by atoms with Crippen LogP contribution in [0.1, 0.15) is 22.7 Å². The van der Waals surface area contributed by atoms with E-state index in [2.05, 4.69) is 43.3 Å². The molecule has 0 saturated heterocycles. The van der Waals surface area contributed by atoms with Gasteiger partial charge >= 0.3 is 0 Å². The molecule has 0 radical (unpaired) electrons. The molecule has 0 saturated carbocycles. The van der Waals surface area contributed by atoms with E-state index in [-0.39, 0.29) is 6.04 Å². The van der Waals surface area contributed by atoms with E-state index in [0.717, 1.165) is 0 Å². The molecule has 0 bridgehead atoms. The van der Waals surface area contributed by atoms with Gasteiger partial charge in [-0.1, -0.05) is 29.7 Å². The number of benzene rings is 1. The molecule has 2 heteroatoms. The van der Waals surface area contributed by atoms with Crippen molar-refractivity contribution in [3.63, 3.8) is 0 Å². The second kappa shape index (κ2) is 5.55. The Bertz CT molecular complexity index is 363. The maximum absolute atomic E-state index is 5.73. The molecule has 0 aliphatic carbocycles. The average molecular weight is 202 g/mol. The highest BCUT2D eigenvalue weighted by Crippen LogP contribution is 2.18. The van der Waals surface area contributed by atoms with Crippen LogP contribution < -0.4 is 11.1 Å². The van der Waals surface area contributed by atoms with E-state index in [9.17, 15) is 0 Å². The summed E-state index contributed by atoms with van der Waals surface area (Å²) in [5, 5.41) is 3.24. The van der Waals surface area contributed by atoms with Crippen LogP contribution in [-0.4, -0.2) is 13.1 Å². The van der Waals surface area contributed by atoms with Gasteiger partial charge in [-0.2, -0.15) is 0 Å². The van der Waals surface area contributed by atoms with Crippen molar-refractivity contribution in [3.8, 4) is 12.3 Å². The first-order valence-electron chi connectivity index (χ1n) is 5.13. The fraction of sp³-hybridized carbons (Fsp3) is 0.385. The van der Waals surface area contributed by atoms with Gasteiger partial charge in [-0.15, -0.1) is 6.42 Å². The average Bonchev–Trinajstić information content (AvgIpc) is 2.24. The lowest BCUT2D eigenvalue weighted by molar-refractivity contribution is 0.579. The first kappa shape index (κ1) is 11.8. The van der Waals surface area contributed by atoms with Crippen molar-refractivity contribution >= 4 is 0 Å². The first-order valence-corrected chi connectivity index (χ1v) is 5.13. The SMILES string of the molecule is C#CCNC(CN)c1cc(C)ccc1C. The molecule has 80 valence electrons. The first-order chi connectivity index (χ1) is 7.19. The molecule has 2 nitrogen and oxygen atoms in total.